The van der Waals surface area contributed by atoms with Gasteiger partial charge in [-0.3, -0.25) is 4.79 Å². The number of aromatic nitrogens is 1. The molecule has 3 N–H and O–H groups in total. The molecule has 0 amide bonds. The van der Waals surface area contributed by atoms with E-state index in [9.17, 15) is 14.3 Å². The van der Waals surface area contributed by atoms with E-state index >= 15 is 0 Å². The molecule has 6 nitrogen and oxygen atoms in total. The van der Waals surface area contributed by atoms with Crippen LogP contribution in [0.25, 0.3) is 10.9 Å². The lowest BCUT2D eigenvalue weighted by molar-refractivity contribution is -0.127. The van der Waals surface area contributed by atoms with Crippen molar-refractivity contribution >= 4 is 17.4 Å². The van der Waals surface area contributed by atoms with E-state index in [1.807, 2.05) is 44.5 Å². The highest BCUT2D eigenvalue weighted by molar-refractivity contribution is 5.83. The molecular weight excluding hydrogens is 399 g/mol. The van der Waals surface area contributed by atoms with E-state index in [0.717, 1.165) is 43.0 Å². The summed E-state index contributed by atoms with van der Waals surface area (Å²) >= 11 is 0. The summed E-state index contributed by atoms with van der Waals surface area (Å²) in [7, 11) is 3.04. The van der Waals surface area contributed by atoms with Gasteiger partial charge in [-0.25, -0.2) is 4.39 Å². The molecule has 1 aromatic carbocycles. The third kappa shape index (κ3) is 8.88. The number of aliphatic hydroxyl groups is 2. The smallest absolute Gasteiger partial charge is 0.293 e. The Balaban J connectivity index is 0.000000321. The molecule has 2 atom stereocenters. The van der Waals surface area contributed by atoms with Crippen molar-refractivity contribution in [1.29, 1.82) is 0 Å². The minimum Gasteiger partial charge on any atom is -0.463 e. The molecular formula is C24H33FN2O4. The molecule has 1 aliphatic heterocycles. The van der Waals surface area contributed by atoms with Gasteiger partial charge >= 0.3 is 0 Å². The van der Waals surface area contributed by atoms with E-state index in [1.54, 1.807) is 6.08 Å². The first kappa shape index (κ1) is 26.3. The standard InChI is InChI=1S/C14H17FN2O.C9H12O2.CH4O/c1-17-8-12(18)6-11(17)4-9-7-16-14-5-10(15)2-3-13(9)14;1-3-4-5-6-9(2)7-11-8-10;1-2/h2-3,5,7,11-12,16,18H,4,6,8H2,1H3;3-6,8H,1,7H2,2H3;2H,1H3/b;5-4-,9-6+;. The quantitative estimate of drug-likeness (QED) is 0.461. The van der Waals surface area contributed by atoms with Crippen LogP contribution >= 0.6 is 0 Å². The van der Waals surface area contributed by atoms with Crippen LogP contribution in [0.3, 0.4) is 0 Å². The number of halogens is 1. The number of aliphatic hydroxyl groups excluding tert-OH is 2. The van der Waals surface area contributed by atoms with Gasteiger partial charge in [-0.1, -0.05) is 30.9 Å². The summed E-state index contributed by atoms with van der Waals surface area (Å²) in [5.41, 5.74) is 3.03. The maximum Gasteiger partial charge on any atom is 0.293 e. The predicted molar refractivity (Wildman–Crippen MR) is 122 cm³/mol. The maximum absolute atomic E-state index is 13.1. The van der Waals surface area contributed by atoms with Crippen LogP contribution in [0.2, 0.25) is 0 Å². The minimum atomic E-state index is -0.220. The Hall–Kier alpha value is -2.74. The summed E-state index contributed by atoms with van der Waals surface area (Å²) in [5.74, 6) is -0.218. The molecule has 0 saturated carbocycles. The molecule has 1 aliphatic rings. The van der Waals surface area contributed by atoms with Crippen molar-refractivity contribution in [2.24, 2.45) is 0 Å². The molecule has 3 rings (SSSR count). The van der Waals surface area contributed by atoms with Crippen molar-refractivity contribution in [3.8, 4) is 0 Å². The lowest BCUT2D eigenvalue weighted by Gasteiger charge is -2.18. The van der Waals surface area contributed by atoms with Crippen molar-refractivity contribution in [1.82, 2.24) is 9.88 Å². The minimum absolute atomic E-state index is 0.218. The van der Waals surface area contributed by atoms with Crippen molar-refractivity contribution in [3.63, 3.8) is 0 Å². The largest absolute Gasteiger partial charge is 0.463 e. The highest BCUT2D eigenvalue weighted by atomic mass is 19.1. The van der Waals surface area contributed by atoms with Gasteiger partial charge in [0.2, 0.25) is 0 Å². The van der Waals surface area contributed by atoms with E-state index in [2.05, 4.69) is 21.2 Å². The van der Waals surface area contributed by atoms with Crippen molar-refractivity contribution in [3.05, 3.63) is 72.2 Å². The van der Waals surface area contributed by atoms with E-state index in [0.29, 0.717) is 19.1 Å². The number of likely N-dealkylation sites (tertiary alicyclic amines) is 1. The Bertz CT molecular complexity index is 876. The number of β-amino-alcohol motifs (C(OH)–C–C–N with tert-alkyl or cyclic N) is 1. The summed E-state index contributed by atoms with van der Waals surface area (Å²) in [6, 6.07) is 5.20. The molecule has 1 aromatic heterocycles. The Morgan fingerprint density at radius 1 is 1.39 bits per heavy atom. The molecule has 7 heteroatoms. The van der Waals surface area contributed by atoms with Crippen LogP contribution in [0.5, 0.6) is 0 Å². The van der Waals surface area contributed by atoms with Gasteiger partial charge in [-0.2, -0.15) is 0 Å². The first-order valence-electron chi connectivity index (χ1n) is 10.0. The van der Waals surface area contributed by atoms with Crippen LogP contribution < -0.4 is 0 Å². The molecule has 1 saturated heterocycles. The number of hydrogen-bond donors (Lipinski definition) is 3. The number of nitrogens with one attached hydrogen (secondary N) is 1. The van der Waals surface area contributed by atoms with Gasteiger partial charge in [0.25, 0.3) is 6.47 Å². The first-order valence-corrected chi connectivity index (χ1v) is 10.0. The van der Waals surface area contributed by atoms with Gasteiger partial charge in [0.1, 0.15) is 12.4 Å². The number of fused-ring (bicyclic) bond motifs is 1. The average Bonchev–Trinajstić information content (AvgIpc) is 3.30. The SMILES string of the molecule is C=C/C=C\C=C(/C)COC=O.CN1CC(O)CC1Cc1c[nH]c2cc(F)ccc12.CO. The third-order valence-corrected chi connectivity index (χ3v) is 4.86. The summed E-state index contributed by atoms with van der Waals surface area (Å²) in [6.07, 6.45) is 10.6. The number of benzene rings is 1. The van der Waals surface area contributed by atoms with Gasteiger partial charge in [-0.15, -0.1) is 0 Å². The second-order valence-electron chi connectivity index (χ2n) is 7.23. The molecule has 31 heavy (non-hydrogen) atoms. The zero-order chi connectivity index (χ0) is 23.2. The van der Waals surface area contributed by atoms with Crippen molar-refractivity contribution < 1.29 is 24.1 Å². The van der Waals surface area contributed by atoms with Crippen LogP contribution in [0.1, 0.15) is 18.9 Å². The normalized spacial score (nSPS) is 18.8. The van der Waals surface area contributed by atoms with Crippen LogP contribution in [-0.4, -0.2) is 66.0 Å². The number of carbonyl (C=O) groups excluding carboxylic acids is 1. The lowest BCUT2D eigenvalue weighted by atomic mass is 10.0. The van der Waals surface area contributed by atoms with Crippen LogP contribution in [0, 0.1) is 5.82 Å². The predicted octanol–water partition coefficient (Wildman–Crippen LogP) is 3.37. The second kappa shape index (κ2) is 14.3. The summed E-state index contributed by atoms with van der Waals surface area (Å²) in [4.78, 5) is 15.1. The number of nitrogens with zero attached hydrogens (tertiary/aromatic N) is 1. The average molecular weight is 433 g/mol. The zero-order valence-corrected chi connectivity index (χ0v) is 18.4. The second-order valence-corrected chi connectivity index (χ2v) is 7.23. The molecule has 170 valence electrons. The zero-order valence-electron chi connectivity index (χ0n) is 18.4. The van der Waals surface area contributed by atoms with Gasteiger partial charge in [0.15, 0.2) is 0 Å². The molecule has 0 bridgehead atoms. The van der Waals surface area contributed by atoms with Crippen LogP contribution in [0.15, 0.2) is 60.9 Å². The van der Waals surface area contributed by atoms with Gasteiger partial charge < -0.3 is 24.8 Å². The number of likely N-dealkylation sites (N-methyl/N-ethyl adjacent to an activating group) is 1. The lowest BCUT2D eigenvalue weighted by Crippen LogP contribution is -2.26. The maximum atomic E-state index is 13.1. The number of aromatic amines is 1. The van der Waals surface area contributed by atoms with Crippen LogP contribution in [-0.2, 0) is 16.0 Å². The number of allylic oxidation sites excluding steroid dienone is 4. The molecule has 2 aromatic rings. The highest BCUT2D eigenvalue weighted by Gasteiger charge is 2.28. The monoisotopic (exact) mass is 432 g/mol. The number of rotatable bonds is 7. The fourth-order valence-corrected chi connectivity index (χ4v) is 3.38. The number of ether oxygens (including phenoxy) is 1. The number of carbonyl (C=O) groups is 1. The summed E-state index contributed by atoms with van der Waals surface area (Å²) in [5, 5.41) is 17.7. The number of H-pyrrole nitrogens is 1. The molecule has 2 heterocycles. The number of hydrogen-bond acceptors (Lipinski definition) is 5. The topological polar surface area (TPSA) is 85.8 Å². The molecule has 0 aliphatic carbocycles. The van der Waals surface area contributed by atoms with Gasteiger partial charge in [0.05, 0.1) is 6.10 Å². The van der Waals surface area contributed by atoms with Gasteiger partial charge in [0, 0.05) is 36.8 Å². The van der Waals surface area contributed by atoms with E-state index < -0.39 is 0 Å². The highest BCUT2D eigenvalue weighted by Crippen LogP contribution is 2.25. The Morgan fingerprint density at radius 2 is 2.13 bits per heavy atom. The molecule has 0 radical (unpaired) electrons. The summed E-state index contributed by atoms with van der Waals surface area (Å²) < 4.78 is 17.6. The Kier molecular flexibility index (Phi) is 12.1. The van der Waals surface area contributed by atoms with Gasteiger partial charge in [-0.05, 0) is 56.1 Å². The Labute approximate surface area is 183 Å². The Morgan fingerprint density at radius 3 is 2.74 bits per heavy atom. The third-order valence-electron chi connectivity index (χ3n) is 4.86. The first-order chi connectivity index (χ1) is 14.9. The fourth-order valence-electron chi connectivity index (χ4n) is 3.38. The van der Waals surface area contributed by atoms with E-state index in [4.69, 9.17) is 5.11 Å². The fraction of sp³-hybridized carbons (Fsp3) is 0.375. The van der Waals surface area contributed by atoms with Crippen molar-refractivity contribution in [2.45, 2.75) is 31.9 Å². The molecule has 1 fully saturated rings. The molecule has 0 spiro atoms. The van der Waals surface area contributed by atoms with E-state index in [1.165, 1.54) is 17.7 Å². The van der Waals surface area contributed by atoms with Crippen LogP contribution in [0.4, 0.5) is 4.39 Å². The van der Waals surface area contributed by atoms with E-state index in [-0.39, 0.29) is 11.9 Å². The van der Waals surface area contributed by atoms with Crippen molar-refractivity contribution in [2.75, 3.05) is 27.3 Å². The molecule has 2 unspecified atom stereocenters. The summed E-state index contributed by atoms with van der Waals surface area (Å²) in [6.45, 7) is 6.93.